The third-order valence-electron chi connectivity index (χ3n) is 8.40. The summed E-state index contributed by atoms with van der Waals surface area (Å²) in [5, 5.41) is 13.0. The van der Waals surface area contributed by atoms with Gasteiger partial charge in [-0.1, -0.05) is 173 Å². The van der Waals surface area contributed by atoms with E-state index >= 15 is 0 Å². The molecule has 1 heteroatoms. The Morgan fingerprint density at radius 1 is 0.298 bits per heavy atom. The maximum atomic E-state index is 5.86. The first-order chi connectivity index (χ1) is 23.2. The topological polar surface area (TPSA) is 13.1 Å². The summed E-state index contributed by atoms with van der Waals surface area (Å²) in [4.78, 5) is 0. The van der Waals surface area contributed by atoms with Crippen molar-refractivity contribution in [1.82, 2.24) is 0 Å². The van der Waals surface area contributed by atoms with Crippen molar-refractivity contribution in [2.75, 3.05) is 0 Å². The molecule has 1 heterocycles. The standard InChI is InChI=1S/C16H10O.C16H14.C10H8.2C2H6/c1-2-6-12-11(5-1)9-10-15-16(12)13-7-3-4-8-14(13)17-15;1-11-13-7-3-5-9-15(13)12(2)16-10-6-4-8-14(11)16;1-2-6-10-8-4-3-7-9(10)5-1;2*1-2/h1-10H;3-10H,1-2H3;1-8H;2*1-2H3. The fraction of sp³-hybridized carbons (Fsp3) is 0.130. The van der Waals surface area contributed by atoms with E-state index in [-0.39, 0.29) is 0 Å². The van der Waals surface area contributed by atoms with Gasteiger partial charge in [-0.2, -0.15) is 0 Å². The van der Waals surface area contributed by atoms with E-state index in [1.807, 2.05) is 39.8 Å². The number of rotatable bonds is 0. The summed E-state index contributed by atoms with van der Waals surface area (Å²) in [6.07, 6.45) is 0. The lowest BCUT2D eigenvalue weighted by Gasteiger charge is -2.11. The summed E-state index contributed by atoms with van der Waals surface area (Å²) in [5.41, 5.74) is 4.69. The molecule has 0 saturated heterocycles. The molecule has 1 nitrogen and oxygen atoms in total. The minimum Gasteiger partial charge on any atom is -0.456 e. The van der Waals surface area contributed by atoms with Crippen molar-refractivity contribution >= 4 is 65.0 Å². The molecular weight excluding hydrogens is 569 g/mol. The van der Waals surface area contributed by atoms with Gasteiger partial charge in [-0.3, -0.25) is 0 Å². The molecule has 0 fully saturated rings. The zero-order chi connectivity index (χ0) is 33.2. The quantitative estimate of drug-likeness (QED) is 0.155. The Bertz CT molecular complexity index is 2190. The van der Waals surface area contributed by atoms with E-state index in [0.29, 0.717) is 0 Å². The molecule has 0 bridgehead atoms. The molecule has 9 aromatic rings. The average Bonchev–Trinajstić information content (AvgIpc) is 3.55. The van der Waals surface area contributed by atoms with E-state index in [1.54, 1.807) is 0 Å². The Kier molecular flexibility index (Phi) is 11.0. The first kappa shape index (κ1) is 33.0. The lowest BCUT2D eigenvalue weighted by Crippen LogP contribution is -1.87. The van der Waals surface area contributed by atoms with Gasteiger partial charge in [0.15, 0.2) is 0 Å². The number of fused-ring (bicyclic) bond motifs is 8. The van der Waals surface area contributed by atoms with Crippen molar-refractivity contribution in [2.45, 2.75) is 41.5 Å². The van der Waals surface area contributed by atoms with Gasteiger partial charge in [-0.15, -0.1) is 0 Å². The van der Waals surface area contributed by atoms with Crippen LogP contribution in [0.5, 0.6) is 0 Å². The van der Waals surface area contributed by atoms with Gasteiger partial charge in [0.05, 0.1) is 0 Å². The fourth-order valence-electron chi connectivity index (χ4n) is 6.19. The smallest absolute Gasteiger partial charge is 0.136 e. The summed E-state index contributed by atoms with van der Waals surface area (Å²) < 4.78 is 5.86. The number of furan rings is 1. The Balaban J connectivity index is 0.000000135. The third kappa shape index (κ3) is 6.90. The lowest BCUT2D eigenvalue weighted by atomic mass is 9.93. The van der Waals surface area contributed by atoms with Crippen LogP contribution >= 0.6 is 0 Å². The Hall–Kier alpha value is -5.40. The number of aryl methyl sites for hydroxylation is 2. The monoisotopic (exact) mass is 612 g/mol. The van der Waals surface area contributed by atoms with E-state index in [4.69, 9.17) is 4.42 Å². The predicted molar refractivity (Wildman–Crippen MR) is 209 cm³/mol. The lowest BCUT2D eigenvalue weighted by molar-refractivity contribution is 0.669. The van der Waals surface area contributed by atoms with Crippen LogP contribution in [0.1, 0.15) is 38.8 Å². The van der Waals surface area contributed by atoms with Crippen molar-refractivity contribution in [1.29, 1.82) is 0 Å². The summed E-state index contributed by atoms with van der Waals surface area (Å²) in [6.45, 7) is 12.4. The van der Waals surface area contributed by atoms with Gasteiger partial charge in [0.2, 0.25) is 0 Å². The molecule has 0 aliphatic heterocycles. The number of benzene rings is 8. The molecule has 0 unspecified atom stereocenters. The second-order valence-electron chi connectivity index (χ2n) is 10.9. The molecule has 234 valence electrons. The average molecular weight is 613 g/mol. The Morgan fingerprint density at radius 3 is 1.09 bits per heavy atom. The molecule has 0 amide bonds. The highest BCUT2D eigenvalue weighted by molar-refractivity contribution is 6.18. The van der Waals surface area contributed by atoms with Crippen molar-refractivity contribution in [2.24, 2.45) is 0 Å². The van der Waals surface area contributed by atoms with Crippen molar-refractivity contribution in [3.05, 3.63) is 169 Å². The Labute approximate surface area is 279 Å². The molecule has 0 N–H and O–H groups in total. The molecule has 0 aliphatic rings. The van der Waals surface area contributed by atoms with E-state index in [9.17, 15) is 0 Å². The molecule has 0 atom stereocenters. The van der Waals surface area contributed by atoms with Gasteiger partial charge >= 0.3 is 0 Å². The molecular formula is C46H44O. The maximum Gasteiger partial charge on any atom is 0.136 e. The normalized spacial score (nSPS) is 10.3. The summed E-state index contributed by atoms with van der Waals surface area (Å²) in [6, 6.07) is 54.8. The van der Waals surface area contributed by atoms with Crippen LogP contribution in [-0.2, 0) is 0 Å². The van der Waals surface area contributed by atoms with Crippen LogP contribution in [-0.4, -0.2) is 0 Å². The van der Waals surface area contributed by atoms with E-state index in [0.717, 1.165) is 11.2 Å². The van der Waals surface area contributed by atoms with Crippen LogP contribution in [0, 0.1) is 13.8 Å². The van der Waals surface area contributed by atoms with Crippen LogP contribution < -0.4 is 0 Å². The minimum atomic E-state index is 0.957. The highest BCUT2D eigenvalue weighted by atomic mass is 16.3. The second kappa shape index (κ2) is 15.7. The van der Waals surface area contributed by atoms with Crippen LogP contribution in [0.25, 0.3) is 65.0 Å². The number of para-hydroxylation sites is 1. The maximum absolute atomic E-state index is 5.86. The second-order valence-corrected chi connectivity index (χ2v) is 10.9. The number of hydrogen-bond acceptors (Lipinski definition) is 1. The SMILES string of the molecule is CC.CC.Cc1c2ccccc2c(C)c2ccccc12.c1ccc2c(c1)ccc1oc3ccccc3c12.c1ccc2ccccc2c1. The highest BCUT2D eigenvalue weighted by Crippen LogP contribution is 2.34. The van der Waals surface area contributed by atoms with Gasteiger partial charge in [0.1, 0.15) is 11.2 Å². The summed E-state index contributed by atoms with van der Waals surface area (Å²) >= 11 is 0. The molecule has 0 radical (unpaired) electrons. The molecule has 0 spiro atoms. The first-order valence-corrected chi connectivity index (χ1v) is 16.8. The van der Waals surface area contributed by atoms with Gasteiger partial charge in [0, 0.05) is 10.8 Å². The minimum absolute atomic E-state index is 0.957. The third-order valence-corrected chi connectivity index (χ3v) is 8.40. The largest absolute Gasteiger partial charge is 0.456 e. The summed E-state index contributed by atoms with van der Waals surface area (Å²) in [5.74, 6) is 0. The van der Waals surface area contributed by atoms with Gasteiger partial charge in [-0.25, -0.2) is 0 Å². The summed E-state index contributed by atoms with van der Waals surface area (Å²) in [7, 11) is 0. The van der Waals surface area contributed by atoms with E-state index in [1.165, 1.54) is 65.0 Å². The van der Waals surface area contributed by atoms with Crippen molar-refractivity contribution in [3.8, 4) is 0 Å². The molecule has 9 rings (SSSR count). The Morgan fingerprint density at radius 2 is 0.638 bits per heavy atom. The molecule has 0 saturated carbocycles. The van der Waals surface area contributed by atoms with E-state index < -0.39 is 0 Å². The van der Waals surface area contributed by atoms with Crippen LogP contribution in [0.15, 0.2) is 162 Å². The first-order valence-electron chi connectivity index (χ1n) is 16.8. The zero-order valence-electron chi connectivity index (χ0n) is 28.4. The van der Waals surface area contributed by atoms with Crippen LogP contribution in [0.4, 0.5) is 0 Å². The molecule has 47 heavy (non-hydrogen) atoms. The number of hydrogen-bond donors (Lipinski definition) is 0. The van der Waals surface area contributed by atoms with Gasteiger partial charge < -0.3 is 4.42 Å². The predicted octanol–water partition coefficient (Wildman–Crippen LogP) is 14.2. The fourth-order valence-corrected chi connectivity index (χ4v) is 6.19. The highest BCUT2D eigenvalue weighted by Gasteiger charge is 2.09. The van der Waals surface area contributed by atoms with Crippen LogP contribution in [0.3, 0.4) is 0 Å². The van der Waals surface area contributed by atoms with E-state index in [2.05, 4.69) is 159 Å². The van der Waals surface area contributed by atoms with Crippen molar-refractivity contribution < 1.29 is 4.42 Å². The molecule has 0 aliphatic carbocycles. The molecule has 1 aromatic heterocycles. The van der Waals surface area contributed by atoms with Gasteiger partial charge in [0.25, 0.3) is 0 Å². The van der Waals surface area contributed by atoms with Crippen LogP contribution in [0.2, 0.25) is 0 Å². The zero-order valence-corrected chi connectivity index (χ0v) is 28.4. The molecule has 8 aromatic carbocycles. The van der Waals surface area contributed by atoms with Crippen molar-refractivity contribution in [3.63, 3.8) is 0 Å². The van der Waals surface area contributed by atoms with Gasteiger partial charge in [-0.05, 0) is 80.2 Å².